The Bertz CT molecular complexity index is 1020. The van der Waals surface area contributed by atoms with Gasteiger partial charge < -0.3 is 20.5 Å². The van der Waals surface area contributed by atoms with Crippen LogP contribution in [0.3, 0.4) is 0 Å². The predicted molar refractivity (Wildman–Crippen MR) is 133 cm³/mol. The van der Waals surface area contributed by atoms with E-state index >= 15 is 0 Å². The fourth-order valence-electron chi connectivity index (χ4n) is 5.21. The second kappa shape index (κ2) is 11.4. The molecule has 7 heteroatoms. The first kappa shape index (κ1) is 24.8. The summed E-state index contributed by atoms with van der Waals surface area (Å²) in [6.07, 6.45) is 5.13. The standard InChI is InChI=1S/C28H34N2O5/c31-25(29-16-7-1-2-13-26(32)33)17-28(14-8-15-28)19-30-27(34)35-18-24-22-11-5-3-9-20(22)21-10-4-6-12-23(21)24/h3-6,9-12,24H,1-2,7-8,13-19H2,(H,29,31)(H,30,34)(H,32,33). The van der Waals surface area contributed by atoms with Gasteiger partial charge in [0.15, 0.2) is 0 Å². The number of aliphatic carboxylic acids is 1. The lowest BCUT2D eigenvalue weighted by Gasteiger charge is -2.41. The Labute approximate surface area is 206 Å². The van der Waals surface area contributed by atoms with Crippen molar-refractivity contribution >= 4 is 18.0 Å². The van der Waals surface area contributed by atoms with Crippen molar-refractivity contribution < 1.29 is 24.2 Å². The third kappa shape index (κ3) is 6.21. The molecule has 0 aliphatic heterocycles. The second-order valence-corrected chi connectivity index (χ2v) is 9.76. The lowest BCUT2D eigenvalue weighted by molar-refractivity contribution is -0.137. The smallest absolute Gasteiger partial charge is 0.407 e. The number of nitrogens with one attached hydrogen (secondary N) is 2. The van der Waals surface area contributed by atoms with Crippen molar-refractivity contribution in [2.75, 3.05) is 19.7 Å². The minimum Gasteiger partial charge on any atom is -0.481 e. The molecule has 35 heavy (non-hydrogen) atoms. The van der Waals surface area contributed by atoms with Crippen molar-refractivity contribution in [1.29, 1.82) is 0 Å². The number of fused-ring (bicyclic) bond motifs is 3. The SMILES string of the molecule is O=C(O)CCCCCNC(=O)CC1(CNC(=O)OCC2c3ccccc3-c3ccccc32)CCC1. The van der Waals surface area contributed by atoms with Crippen LogP contribution in [0.2, 0.25) is 0 Å². The first-order valence-electron chi connectivity index (χ1n) is 12.5. The van der Waals surface area contributed by atoms with Crippen LogP contribution in [0.4, 0.5) is 4.79 Å². The molecule has 0 atom stereocenters. The van der Waals surface area contributed by atoms with Gasteiger partial charge in [-0.05, 0) is 53.4 Å². The molecule has 0 heterocycles. The molecule has 7 nitrogen and oxygen atoms in total. The van der Waals surface area contributed by atoms with Crippen molar-refractivity contribution in [1.82, 2.24) is 10.6 Å². The molecule has 1 saturated carbocycles. The average Bonchev–Trinajstić information content (AvgIpc) is 3.15. The molecule has 3 N–H and O–H groups in total. The molecule has 0 radical (unpaired) electrons. The van der Waals surface area contributed by atoms with Crippen molar-refractivity contribution in [3.8, 4) is 11.1 Å². The molecule has 2 aliphatic carbocycles. The number of rotatable bonds is 12. The Balaban J connectivity index is 1.21. The summed E-state index contributed by atoms with van der Waals surface area (Å²) in [6, 6.07) is 16.5. The maximum absolute atomic E-state index is 12.5. The summed E-state index contributed by atoms with van der Waals surface area (Å²) in [4.78, 5) is 35.5. The minimum absolute atomic E-state index is 0.0164. The van der Waals surface area contributed by atoms with E-state index in [4.69, 9.17) is 9.84 Å². The molecule has 0 bridgehead atoms. The topological polar surface area (TPSA) is 105 Å². The lowest BCUT2D eigenvalue weighted by Crippen LogP contribution is -2.45. The number of amides is 2. The first-order chi connectivity index (χ1) is 17.0. The third-order valence-electron chi connectivity index (χ3n) is 7.29. The van der Waals surface area contributed by atoms with Crippen LogP contribution >= 0.6 is 0 Å². The van der Waals surface area contributed by atoms with E-state index in [1.54, 1.807) is 0 Å². The van der Waals surface area contributed by atoms with Gasteiger partial charge in [-0.25, -0.2) is 4.79 Å². The van der Waals surface area contributed by atoms with E-state index in [0.717, 1.165) is 32.1 Å². The summed E-state index contributed by atoms with van der Waals surface area (Å²) in [5, 5.41) is 14.5. The molecular formula is C28H34N2O5. The summed E-state index contributed by atoms with van der Waals surface area (Å²) in [5.74, 6) is -0.783. The molecule has 1 fully saturated rings. The average molecular weight is 479 g/mol. The van der Waals surface area contributed by atoms with E-state index in [2.05, 4.69) is 34.9 Å². The van der Waals surface area contributed by atoms with Crippen LogP contribution in [0.1, 0.15) is 68.4 Å². The van der Waals surface area contributed by atoms with E-state index in [1.165, 1.54) is 22.3 Å². The van der Waals surface area contributed by atoms with Crippen molar-refractivity contribution in [2.24, 2.45) is 5.41 Å². The Morgan fingerprint density at radius 1 is 0.914 bits per heavy atom. The number of carboxylic acids is 1. The Kier molecular flexibility index (Phi) is 8.06. The normalized spacial score (nSPS) is 15.4. The van der Waals surface area contributed by atoms with Gasteiger partial charge in [-0.15, -0.1) is 0 Å². The van der Waals surface area contributed by atoms with Crippen molar-refractivity contribution in [3.63, 3.8) is 0 Å². The number of carbonyl (C=O) groups is 3. The zero-order chi connectivity index (χ0) is 24.7. The van der Waals surface area contributed by atoms with Crippen LogP contribution in [0.5, 0.6) is 0 Å². The van der Waals surface area contributed by atoms with E-state index < -0.39 is 12.1 Å². The van der Waals surface area contributed by atoms with Crippen molar-refractivity contribution in [3.05, 3.63) is 59.7 Å². The van der Waals surface area contributed by atoms with Crippen LogP contribution in [-0.4, -0.2) is 42.8 Å². The van der Waals surface area contributed by atoms with Gasteiger partial charge in [0.1, 0.15) is 6.61 Å². The van der Waals surface area contributed by atoms with E-state index in [1.807, 2.05) is 24.3 Å². The van der Waals surface area contributed by atoms with Gasteiger partial charge >= 0.3 is 12.1 Å². The molecule has 4 rings (SSSR count). The number of carbonyl (C=O) groups excluding carboxylic acids is 2. The zero-order valence-corrected chi connectivity index (χ0v) is 20.1. The van der Waals surface area contributed by atoms with Crippen LogP contribution in [-0.2, 0) is 14.3 Å². The molecular weight excluding hydrogens is 444 g/mol. The fourth-order valence-corrected chi connectivity index (χ4v) is 5.21. The molecule has 0 aromatic heterocycles. The highest BCUT2D eigenvalue weighted by atomic mass is 16.5. The molecule has 0 unspecified atom stereocenters. The Hall–Kier alpha value is -3.35. The highest BCUT2D eigenvalue weighted by Crippen LogP contribution is 2.45. The maximum Gasteiger partial charge on any atom is 0.407 e. The van der Waals surface area contributed by atoms with E-state index in [0.29, 0.717) is 25.9 Å². The number of unbranched alkanes of at least 4 members (excludes halogenated alkanes) is 2. The Morgan fingerprint density at radius 2 is 1.57 bits per heavy atom. The molecule has 186 valence electrons. The molecule has 0 spiro atoms. The number of hydrogen-bond acceptors (Lipinski definition) is 4. The van der Waals surface area contributed by atoms with Gasteiger partial charge in [-0.2, -0.15) is 0 Å². The van der Waals surface area contributed by atoms with Crippen LogP contribution in [0.25, 0.3) is 11.1 Å². The number of benzene rings is 2. The summed E-state index contributed by atoms with van der Waals surface area (Å²) in [6.45, 7) is 1.25. The first-order valence-corrected chi connectivity index (χ1v) is 12.5. The zero-order valence-electron chi connectivity index (χ0n) is 20.1. The van der Waals surface area contributed by atoms with Gasteiger partial charge in [0.25, 0.3) is 0 Å². The lowest BCUT2D eigenvalue weighted by atomic mass is 9.66. The molecule has 0 saturated heterocycles. The highest BCUT2D eigenvalue weighted by Gasteiger charge is 2.39. The van der Waals surface area contributed by atoms with Crippen LogP contribution < -0.4 is 10.6 Å². The molecule has 2 aromatic carbocycles. The monoisotopic (exact) mass is 478 g/mol. The van der Waals surface area contributed by atoms with Gasteiger partial charge in [0, 0.05) is 31.8 Å². The number of alkyl carbamates (subject to hydrolysis) is 1. The summed E-state index contributed by atoms with van der Waals surface area (Å²) >= 11 is 0. The van der Waals surface area contributed by atoms with Gasteiger partial charge in [0.2, 0.25) is 5.91 Å². The maximum atomic E-state index is 12.5. The summed E-state index contributed by atoms with van der Waals surface area (Å²) < 4.78 is 5.64. The van der Waals surface area contributed by atoms with Gasteiger partial charge in [-0.1, -0.05) is 61.4 Å². The number of ether oxygens (including phenoxy) is 1. The summed E-state index contributed by atoms with van der Waals surface area (Å²) in [7, 11) is 0. The van der Waals surface area contributed by atoms with E-state index in [-0.39, 0.29) is 30.3 Å². The third-order valence-corrected chi connectivity index (χ3v) is 7.29. The predicted octanol–water partition coefficient (Wildman–Crippen LogP) is 4.85. The number of carboxylic acid groups (broad SMARTS) is 1. The van der Waals surface area contributed by atoms with Crippen molar-refractivity contribution in [2.45, 2.75) is 57.3 Å². The second-order valence-electron chi connectivity index (χ2n) is 9.76. The molecule has 2 amide bonds. The van der Waals surface area contributed by atoms with Crippen LogP contribution in [0.15, 0.2) is 48.5 Å². The highest BCUT2D eigenvalue weighted by molar-refractivity contribution is 5.79. The van der Waals surface area contributed by atoms with E-state index in [9.17, 15) is 14.4 Å². The largest absolute Gasteiger partial charge is 0.481 e. The number of hydrogen-bond donors (Lipinski definition) is 3. The molecule has 2 aliphatic rings. The fraction of sp³-hybridized carbons (Fsp3) is 0.464. The summed E-state index contributed by atoms with van der Waals surface area (Å²) in [5.41, 5.74) is 4.53. The quantitative estimate of drug-likeness (QED) is 0.379. The van der Waals surface area contributed by atoms with Gasteiger partial charge in [-0.3, -0.25) is 9.59 Å². The molecule has 2 aromatic rings. The van der Waals surface area contributed by atoms with Crippen LogP contribution in [0, 0.1) is 5.41 Å². The minimum atomic E-state index is -0.787. The Morgan fingerprint density at radius 3 is 2.17 bits per heavy atom. The van der Waals surface area contributed by atoms with Gasteiger partial charge in [0.05, 0.1) is 0 Å².